The second-order valence-electron chi connectivity index (χ2n) is 6.98. The lowest BCUT2D eigenvalue weighted by molar-refractivity contribution is 0.0480. The van der Waals surface area contributed by atoms with Crippen molar-refractivity contribution in [3.63, 3.8) is 0 Å². The molecule has 3 aromatic carbocycles. The van der Waals surface area contributed by atoms with Gasteiger partial charge in [-0.1, -0.05) is 60.7 Å². The molecule has 0 N–H and O–H groups in total. The maximum absolute atomic E-state index is 13.1. The highest BCUT2D eigenvalue weighted by molar-refractivity contribution is 6.12. The average Bonchev–Trinajstić information content (AvgIpc) is 2.74. The summed E-state index contributed by atoms with van der Waals surface area (Å²) in [5.41, 5.74) is 5.56. The van der Waals surface area contributed by atoms with E-state index in [0.717, 1.165) is 22.3 Å². The molecular weight excluding hydrogens is 376 g/mol. The van der Waals surface area contributed by atoms with E-state index in [1.807, 2.05) is 74.5 Å². The van der Waals surface area contributed by atoms with Crippen LogP contribution in [0.4, 0.5) is 0 Å². The fourth-order valence-electron chi connectivity index (χ4n) is 3.63. The Morgan fingerprint density at radius 2 is 0.967 bits per heavy atom. The molecule has 0 aliphatic heterocycles. The molecule has 30 heavy (non-hydrogen) atoms. The van der Waals surface area contributed by atoms with E-state index in [-0.39, 0.29) is 24.3 Å². The molecule has 0 heterocycles. The number of rotatable bonds is 6. The summed E-state index contributed by atoms with van der Waals surface area (Å²) in [7, 11) is 0. The Balaban J connectivity index is 2.41. The molecule has 0 aromatic heterocycles. The third-order valence-electron chi connectivity index (χ3n) is 5.03. The van der Waals surface area contributed by atoms with Crippen molar-refractivity contribution in [2.24, 2.45) is 0 Å². The lowest BCUT2D eigenvalue weighted by Crippen LogP contribution is -2.17. The molecule has 3 rings (SSSR count). The summed E-state index contributed by atoms with van der Waals surface area (Å²) in [6.07, 6.45) is 0. The highest BCUT2D eigenvalue weighted by Gasteiger charge is 2.28. The second-order valence-corrected chi connectivity index (χ2v) is 6.98. The lowest BCUT2D eigenvalue weighted by Gasteiger charge is -2.19. The highest BCUT2D eigenvalue weighted by atomic mass is 16.5. The van der Waals surface area contributed by atoms with Crippen molar-refractivity contribution in [3.05, 3.63) is 82.9 Å². The molecule has 0 aliphatic rings. The van der Waals surface area contributed by atoms with E-state index in [1.165, 1.54) is 0 Å². The van der Waals surface area contributed by atoms with E-state index < -0.39 is 11.9 Å². The number of aryl methyl sites for hydroxylation is 2. The van der Waals surface area contributed by atoms with Crippen LogP contribution in [0.2, 0.25) is 0 Å². The van der Waals surface area contributed by atoms with Crippen LogP contribution < -0.4 is 0 Å². The van der Waals surface area contributed by atoms with Crippen LogP contribution in [0, 0.1) is 13.8 Å². The summed E-state index contributed by atoms with van der Waals surface area (Å²) >= 11 is 0. The van der Waals surface area contributed by atoms with E-state index in [2.05, 4.69) is 0 Å². The van der Waals surface area contributed by atoms with Gasteiger partial charge in [-0.05, 0) is 61.1 Å². The molecule has 154 valence electrons. The standard InChI is InChI=1S/C26H26O4/c1-5-29-25(27)23-21(19-13-9-7-11-17(19)3)15-16-22(24(23)26(28)30-6-2)20-14-10-8-12-18(20)4/h7-16H,5-6H2,1-4H3. The molecule has 0 spiro atoms. The van der Waals surface area contributed by atoms with E-state index >= 15 is 0 Å². The van der Waals surface area contributed by atoms with Gasteiger partial charge in [0.15, 0.2) is 0 Å². The number of ether oxygens (including phenoxy) is 2. The molecule has 0 aliphatic carbocycles. The molecule has 0 amide bonds. The minimum Gasteiger partial charge on any atom is -0.462 e. The van der Waals surface area contributed by atoms with Crippen molar-refractivity contribution >= 4 is 11.9 Å². The van der Waals surface area contributed by atoms with Gasteiger partial charge in [0.25, 0.3) is 0 Å². The minimum atomic E-state index is -0.533. The van der Waals surface area contributed by atoms with Gasteiger partial charge in [-0.2, -0.15) is 0 Å². The van der Waals surface area contributed by atoms with E-state index in [0.29, 0.717) is 11.1 Å². The Kier molecular flexibility index (Phi) is 6.68. The van der Waals surface area contributed by atoms with Crippen LogP contribution in [0.3, 0.4) is 0 Å². The van der Waals surface area contributed by atoms with Gasteiger partial charge in [-0.25, -0.2) is 9.59 Å². The van der Waals surface area contributed by atoms with Crippen LogP contribution in [0.5, 0.6) is 0 Å². The van der Waals surface area contributed by atoms with Crippen molar-refractivity contribution < 1.29 is 19.1 Å². The lowest BCUT2D eigenvalue weighted by atomic mass is 9.86. The molecule has 3 aromatic rings. The third kappa shape index (κ3) is 4.13. The third-order valence-corrected chi connectivity index (χ3v) is 5.03. The fourth-order valence-corrected chi connectivity index (χ4v) is 3.63. The topological polar surface area (TPSA) is 52.6 Å². The van der Waals surface area contributed by atoms with E-state index in [9.17, 15) is 9.59 Å². The van der Waals surface area contributed by atoms with Crippen LogP contribution >= 0.6 is 0 Å². The minimum absolute atomic E-state index is 0.211. The van der Waals surface area contributed by atoms with Crippen molar-refractivity contribution in [3.8, 4) is 22.3 Å². The summed E-state index contributed by atoms with van der Waals surface area (Å²) in [5.74, 6) is -1.07. The second kappa shape index (κ2) is 9.40. The van der Waals surface area contributed by atoms with Gasteiger partial charge in [0.2, 0.25) is 0 Å². The molecular formula is C26H26O4. The van der Waals surface area contributed by atoms with Crippen molar-refractivity contribution in [1.82, 2.24) is 0 Å². The van der Waals surface area contributed by atoms with Gasteiger partial charge in [-0.3, -0.25) is 0 Å². The quantitative estimate of drug-likeness (QED) is 0.475. The molecule has 0 unspecified atom stereocenters. The van der Waals surface area contributed by atoms with Crippen molar-refractivity contribution in [2.45, 2.75) is 27.7 Å². The summed E-state index contributed by atoms with van der Waals surface area (Å²) in [4.78, 5) is 26.2. The van der Waals surface area contributed by atoms with Gasteiger partial charge < -0.3 is 9.47 Å². The summed E-state index contributed by atoms with van der Waals surface area (Å²) in [5, 5.41) is 0. The largest absolute Gasteiger partial charge is 0.462 e. The van der Waals surface area contributed by atoms with Gasteiger partial charge in [0.1, 0.15) is 0 Å². The Hall–Kier alpha value is -3.40. The summed E-state index contributed by atoms with van der Waals surface area (Å²) in [6, 6.07) is 19.3. The Morgan fingerprint density at radius 3 is 1.30 bits per heavy atom. The van der Waals surface area contributed by atoms with Gasteiger partial charge in [0, 0.05) is 0 Å². The van der Waals surface area contributed by atoms with Crippen LogP contribution in [-0.4, -0.2) is 25.2 Å². The van der Waals surface area contributed by atoms with Crippen molar-refractivity contribution in [1.29, 1.82) is 0 Å². The maximum atomic E-state index is 13.1. The van der Waals surface area contributed by atoms with Crippen LogP contribution in [0.1, 0.15) is 45.7 Å². The maximum Gasteiger partial charge on any atom is 0.339 e. The Labute approximate surface area is 177 Å². The van der Waals surface area contributed by atoms with Gasteiger partial charge >= 0.3 is 11.9 Å². The number of esters is 2. The molecule has 0 atom stereocenters. The first kappa shape index (κ1) is 21.3. The van der Waals surface area contributed by atoms with Crippen molar-refractivity contribution in [2.75, 3.05) is 13.2 Å². The first-order valence-corrected chi connectivity index (χ1v) is 10.1. The molecule has 4 nitrogen and oxygen atoms in total. The SMILES string of the molecule is CCOC(=O)c1c(-c2ccccc2C)ccc(-c2ccccc2C)c1C(=O)OCC. The fraction of sp³-hybridized carbons (Fsp3) is 0.231. The van der Waals surface area contributed by atoms with E-state index in [4.69, 9.17) is 9.47 Å². The molecule has 0 radical (unpaired) electrons. The highest BCUT2D eigenvalue weighted by Crippen LogP contribution is 2.37. The number of carbonyl (C=O) groups excluding carboxylic acids is 2. The van der Waals surface area contributed by atoms with Crippen LogP contribution in [0.15, 0.2) is 60.7 Å². The first-order valence-electron chi connectivity index (χ1n) is 10.1. The smallest absolute Gasteiger partial charge is 0.339 e. The number of hydrogen-bond donors (Lipinski definition) is 0. The number of hydrogen-bond acceptors (Lipinski definition) is 4. The summed E-state index contributed by atoms with van der Waals surface area (Å²) in [6.45, 7) is 7.88. The Bertz CT molecular complexity index is 996. The predicted octanol–water partition coefficient (Wildman–Crippen LogP) is 5.99. The predicted molar refractivity (Wildman–Crippen MR) is 119 cm³/mol. The zero-order valence-corrected chi connectivity index (χ0v) is 17.8. The monoisotopic (exact) mass is 402 g/mol. The molecule has 0 saturated heterocycles. The Morgan fingerprint density at radius 1 is 0.600 bits per heavy atom. The average molecular weight is 402 g/mol. The zero-order valence-electron chi connectivity index (χ0n) is 17.8. The molecule has 0 bridgehead atoms. The van der Waals surface area contributed by atoms with E-state index in [1.54, 1.807) is 13.8 Å². The molecule has 0 fully saturated rings. The van der Waals surface area contributed by atoms with Gasteiger partial charge in [-0.15, -0.1) is 0 Å². The van der Waals surface area contributed by atoms with Crippen LogP contribution in [0.25, 0.3) is 22.3 Å². The number of benzene rings is 3. The normalized spacial score (nSPS) is 10.5. The molecule has 4 heteroatoms. The van der Waals surface area contributed by atoms with Crippen LogP contribution in [-0.2, 0) is 9.47 Å². The number of carbonyl (C=O) groups is 2. The summed E-state index contributed by atoms with van der Waals surface area (Å²) < 4.78 is 10.7. The zero-order chi connectivity index (χ0) is 21.7. The first-order chi connectivity index (χ1) is 14.5. The molecule has 0 saturated carbocycles. The van der Waals surface area contributed by atoms with Gasteiger partial charge in [0.05, 0.1) is 24.3 Å².